The molecule has 3 N–H and O–H groups in total. The molecule has 0 aliphatic carbocycles. The van der Waals surface area contributed by atoms with Gasteiger partial charge in [-0.3, -0.25) is 4.79 Å². The van der Waals surface area contributed by atoms with Crippen molar-refractivity contribution >= 4 is 33.0 Å². The molecule has 0 aromatic heterocycles. The molecule has 0 amide bonds. The molecule has 0 bridgehead atoms. The number of aliphatic carboxylic acids is 1. The first-order valence-electron chi connectivity index (χ1n) is 5.01. The number of rotatable bonds is 2. The number of sulfone groups is 1. The van der Waals surface area contributed by atoms with Gasteiger partial charge in [-0.25, -0.2) is 8.42 Å². The van der Waals surface area contributed by atoms with E-state index in [2.05, 4.69) is 0 Å². The van der Waals surface area contributed by atoms with E-state index in [1.165, 1.54) is 25.1 Å². The molecule has 18 heavy (non-hydrogen) atoms. The van der Waals surface area contributed by atoms with Crippen molar-refractivity contribution in [3.63, 3.8) is 0 Å². The highest BCUT2D eigenvalue weighted by Gasteiger charge is 2.38. The lowest BCUT2D eigenvalue weighted by Gasteiger charge is -2.11. The van der Waals surface area contributed by atoms with Crippen LogP contribution in [-0.2, 0) is 14.6 Å². The molecule has 5 nitrogen and oxygen atoms in total. The molecular formula is C11H10ClNO4S. The van der Waals surface area contributed by atoms with Crippen LogP contribution in [0.1, 0.15) is 12.5 Å². The van der Waals surface area contributed by atoms with Crippen molar-refractivity contribution in [1.29, 1.82) is 0 Å². The second-order valence-electron chi connectivity index (χ2n) is 3.90. The van der Waals surface area contributed by atoms with Gasteiger partial charge < -0.3 is 10.8 Å². The number of carboxylic acid groups (broad SMARTS) is 1. The standard InChI is InChI=1S/C11H10ClNO4S/c1-5-8(10(13)11(14)15)9-6(12)3-2-4-7(9)18(5,16)17/h2-4,10H,13H2,1H3,(H,14,15). The summed E-state index contributed by atoms with van der Waals surface area (Å²) >= 11 is 5.96. The van der Waals surface area contributed by atoms with Crippen LogP contribution in [0.15, 0.2) is 28.0 Å². The van der Waals surface area contributed by atoms with Gasteiger partial charge in [0.05, 0.1) is 9.80 Å². The number of carbonyl (C=O) groups is 1. The molecule has 1 aromatic rings. The van der Waals surface area contributed by atoms with Crippen LogP contribution >= 0.6 is 11.6 Å². The maximum Gasteiger partial charge on any atom is 0.325 e. The number of allylic oxidation sites excluding steroid dienone is 1. The fourth-order valence-corrected chi connectivity index (χ4v) is 3.90. The molecular weight excluding hydrogens is 278 g/mol. The van der Waals surface area contributed by atoms with Gasteiger partial charge in [-0.15, -0.1) is 0 Å². The van der Waals surface area contributed by atoms with Gasteiger partial charge in [0.1, 0.15) is 6.04 Å². The van der Waals surface area contributed by atoms with Gasteiger partial charge in [0.25, 0.3) is 0 Å². The number of hydrogen-bond donors (Lipinski definition) is 2. The van der Waals surface area contributed by atoms with E-state index in [-0.39, 0.29) is 26.0 Å². The summed E-state index contributed by atoms with van der Waals surface area (Å²) in [5, 5.41) is 9.13. The number of hydrogen-bond acceptors (Lipinski definition) is 4. The molecule has 1 aliphatic rings. The lowest BCUT2D eigenvalue weighted by Crippen LogP contribution is -2.31. The number of nitrogens with two attached hydrogens (primary N) is 1. The number of fused-ring (bicyclic) bond motifs is 1. The van der Waals surface area contributed by atoms with E-state index >= 15 is 0 Å². The van der Waals surface area contributed by atoms with Crippen LogP contribution in [0.25, 0.3) is 5.57 Å². The molecule has 1 heterocycles. The van der Waals surface area contributed by atoms with E-state index < -0.39 is 21.8 Å². The van der Waals surface area contributed by atoms with Gasteiger partial charge >= 0.3 is 5.97 Å². The van der Waals surface area contributed by atoms with Crippen molar-refractivity contribution in [3.05, 3.63) is 33.7 Å². The number of halogens is 1. The third kappa shape index (κ3) is 1.65. The number of benzene rings is 1. The van der Waals surface area contributed by atoms with Crippen molar-refractivity contribution in [1.82, 2.24) is 0 Å². The Bertz CT molecular complexity index is 678. The van der Waals surface area contributed by atoms with Gasteiger partial charge in [0.15, 0.2) is 0 Å². The highest BCUT2D eigenvalue weighted by atomic mass is 35.5. The molecule has 1 aliphatic heterocycles. The maximum absolute atomic E-state index is 12.1. The largest absolute Gasteiger partial charge is 0.480 e. The van der Waals surface area contributed by atoms with Crippen LogP contribution in [0.4, 0.5) is 0 Å². The van der Waals surface area contributed by atoms with Crippen LogP contribution in [-0.4, -0.2) is 25.5 Å². The van der Waals surface area contributed by atoms with Crippen molar-refractivity contribution in [3.8, 4) is 0 Å². The highest BCUT2D eigenvalue weighted by molar-refractivity contribution is 7.95. The average molecular weight is 288 g/mol. The van der Waals surface area contributed by atoms with Gasteiger partial charge in [0, 0.05) is 16.2 Å². The van der Waals surface area contributed by atoms with E-state index in [0.29, 0.717) is 0 Å². The molecule has 0 saturated heterocycles. The molecule has 0 saturated carbocycles. The van der Waals surface area contributed by atoms with Crippen molar-refractivity contribution in [2.75, 3.05) is 0 Å². The Balaban J connectivity index is 2.84. The van der Waals surface area contributed by atoms with Crippen LogP contribution < -0.4 is 5.73 Å². The van der Waals surface area contributed by atoms with E-state index in [4.69, 9.17) is 22.4 Å². The first kappa shape index (κ1) is 13.1. The highest BCUT2D eigenvalue weighted by Crippen LogP contribution is 2.43. The summed E-state index contributed by atoms with van der Waals surface area (Å²) < 4.78 is 24.2. The average Bonchev–Trinajstić information content (AvgIpc) is 2.49. The Labute approximate surface area is 109 Å². The van der Waals surface area contributed by atoms with E-state index in [0.717, 1.165) is 0 Å². The quantitative estimate of drug-likeness (QED) is 0.853. The minimum atomic E-state index is -3.68. The fraction of sp³-hybridized carbons (Fsp3) is 0.182. The third-order valence-electron chi connectivity index (χ3n) is 2.89. The maximum atomic E-state index is 12.1. The van der Waals surface area contributed by atoms with Crippen molar-refractivity contribution in [2.24, 2.45) is 5.73 Å². The Hall–Kier alpha value is -1.37. The molecule has 7 heteroatoms. The molecule has 0 fully saturated rings. The first-order valence-corrected chi connectivity index (χ1v) is 6.87. The topological polar surface area (TPSA) is 97.5 Å². The van der Waals surface area contributed by atoms with Crippen molar-refractivity contribution in [2.45, 2.75) is 17.9 Å². The Kier molecular flexibility index (Phi) is 2.96. The van der Waals surface area contributed by atoms with Crippen LogP contribution in [0.2, 0.25) is 5.02 Å². The summed E-state index contributed by atoms with van der Waals surface area (Å²) in [6.45, 7) is 1.34. The lowest BCUT2D eigenvalue weighted by molar-refractivity contribution is -0.137. The van der Waals surface area contributed by atoms with E-state index in [1.54, 1.807) is 0 Å². The summed E-state index contributed by atoms with van der Waals surface area (Å²) in [4.78, 5) is 10.9. The monoisotopic (exact) mass is 287 g/mol. The number of carboxylic acids is 1. The van der Waals surface area contributed by atoms with E-state index in [1.807, 2.05) is 0 Å². The van der Waals surface area contributed by atoms with Gasteiger partial charge in [0.2, 0.25) is 9.84 Å². The van der Waals surface area contributed by atoms with Crippen LogP contribution in [0.5, 0.6) is 0 Å². The molecule has 0 spiro atoms. The minimum Gasteiger partial charge on any atom is -0.480 e. The first-order chi connectivity index (χ1) is 8.28. The third-order valence-corrected chi connectivity index (χ3v) is 5.15. The Morgan fingerprint density at radius 2 is 2.06 bits per heavy atom. The molecule has 96 valence electrons. The van der Waals surface area contributed by atoms with Gasteiger partial charge in [-0.1, -0.05) is 17.7 Å². The predicted octanol–water partition coefficient (Wildman–Crippen LogP) is 1.27. The van der Waals surface area contributed by atoms with Crippen LogP contribution in [0.3, 0.4) is 0 Å². The minimum absolute atomic E-state index is 0.0131. The predicted molar refractivity (Wildman–Crippen MR) is 66.8 cm³/mol. The van der Waals surface area contributed by atoms with E-state index in [9.17, 15) is 13.2 Å². The molecule has 1 atom stereocenters. The summed E-state index contributed by atoms with van der Waals surface area (Å²) in [6.07, 6.45) is 0. The normalized spacial score (nSPS) is 18.6. The summed E-state index contributed by atoms with van der Waals surface area (Å²) in [5.74, 6) is -1.30. The second kappa shape index (κ2) is 4.08. The zero-order valence-corrected chi connectivity index (χ0v) is 10.9. The van der Waals surface area contributed by atoms with Gasteiger partial charge in [-0.2, -0.15) is 0 Å². The summed E-state index contributed by atoms with van der Waals surface area (Å²) in [7, 11) is -3.68. The van der Waals surface area contributed by atoms with Crippen LogP contribution in [0, 0.1) is 0 Å². The SMILES string of the molecule is CC1=C(C(N)C(=O)O)c2c(Cl)cccc2S1(=O)=O. The second-order valence-corrected chi connectivity index (χ2v) is 6.37. The van der Waals surface area contributed by atoms with Crippen molar-refractivity contribution < 1.29 is 18.3 Å². The van der Waals surface area contributed by atoms with Gasteiger partial charge in [-0.05, 0) is 19.1 Å². The zero-order chi connectivity index (χ0) is 13.7. The molecule has 2 rings (SSSR count). The summed E-state index contributed by atoms with van der Waals surface area (Å²) in [6, 6.07) is 2.98. The molecule has 0 radical (unpaired) electrons. The molecule has 1 unspecified atom stereocenters. The fourth-order valence-electron chi connectivity index (χ4n) is 1.97. The Morgan fingerprint density at radius 3 is 2.61 bits per heavy atom. The lowest BCUT2D eigenvalue weighted by atomic mass is 9.99. The molecule has 1 aromatic carbocycles. The summed E-state index contributed by atoms with van der Waals surface area (Å²) in [5.41, 5.74) is 5.80. The smallest absolute Gasteiger partial charge is 0.325 e. The Morgan fingerprint density at radius 1 is 1.44 bits per heavy atom. The zero-order valence-electron chi connectivity index (χ0n) is 9.34.